The van der Waals surface area contributed by atoms with Gasteiger partial charge in [0.2, 0.25) is 0 Å². The Balaban J connectivity index is 1.83. The molecular formula is C21H18BrN. The Hall–Kier alpha value is -2.06. The van der Waals surface area contributed by atoms with Crippen LogP contribution in [0.5, 0.6) is 0 Å². The van der Waals surface area contributed by atoms with Gasteiger partial charge < -0.3 is 4.90 Å². The van der Waals surface area contributed by atoms with E-state index in [1.54, 1.807) is 0 Å². The first-order valence-corrected chi connectivity index (χ1v) is 8.74. The van der Waals surface area contributed by atoms with Crippen LogP contribution in [0.2, 0.25) is 0 Å². The lowest BCUT2D eigenvalue weighted by atomic mass is 9.88. The number of hydrogen-bond acceptors (Lipinski definition) is 1. The van der Waals surface area contributed by atoms with Crippen LogP contribution in [0.25, 0.3) is 0 Å². The summed E-state index contributed by atoms with van der Waals surface area (Å²) < 4.78 is 1.10. The van der Waals surface area contributed by atoms with Crippen LogP contribution in [0.15, 0.2) is 71.2 Å². The molecule has 0 saturated heterocycles. The van der Waals surface area contributed by atoms with Gasteiger partial charge in [0, 0.05) is 21.5 Å². The van der Waals surface area contributed by atoms with Crippen molar-refractivity contribution in [3.05, 3.63) is 87.9 Å². The smallest absolute Gasteiger partial charge is 0.0464 e. The Morgan fingerprint density at radius 3 is 1.83 bits per heavy atom. The van der Waals surface area contributed by atoms with E-state index in [2.05, 4.69) is 94.5 Å². The molecule has 4 rings (SSSR count). The number of halogens is 1. The molecule has 0 heterocycles. The van der Waals surface area contributed by atoms with E-state index >= 15 is 0 Å². The first-order chi connectivity index (χ1) is 11.2. The third-order valence-electron chi connectivity index (χ3n) is 4.49. The van der Waals surface area contributed by atoms with Gasteiger partial charge in [-0.3, -0.25) is 0 Å². The molecule has 3 aromatic rings. The standard InChI is InChI=1S/C21H18BrN/c1-15-2-9-19(10-3-15)23(20-12-7-18(22)8-13-20)21-11-6-16-4-5-17(16)14-21/h2-3,6-14H,4-5H2,1H3. The van der Waals surface area contributed by atoms with E-state index in [1.807, 2.05) is 0 Å². The van der Waals surface area contributed by atoms with Crippen molar-refractivity contribution >= 4 is 33.0 Å². The summed E-state index contributed by atoms with van der Waals surface area (Å²) in [6.45, 7) is 2.12. The minimum Gasteiger partial charge on any atom is -0.310 e. The van der Waals surface area contributed by atoms with Crippen LogP contribution < -0.4 is 4.90 Å². The van der Waals surface area contributed by atoms with Crippen molar-refractivity contribution in [2.75, 3.05) is 4.90 Å². The highest BCUT2D eigenvalue weighted by Crippen LogP contribution is 2.37. The molecule has 0 atom stereocenters. The van der Waals surface area contributed by atoms with E-state index in [4.69, 9.17) is 0 Å². The maximum absolute atomic E-state index is 3.53. The maximum Gasteiger partial charge on any atom is 0.0464 e. The second kappa shape index (κ2) is 5.86. The fourth-order valence-corrected chi connectivity index (χ4v) is 3.32. The second-order valence-corrected chi connectivity index (χ2v) is 7.02. The molecule has 1 nitrogen and oxygen atoms in total. The normalized spacial score (nSPS) is 12.4. The molecular weight excluding hydrogens is 346 g/mol. The molecule has 1 aliphatic rings. The molecule has 1 aliphatic carbocycles. The second-order valence-electron chi connectivity index (χ2n) is 6.10. The first kappa shape index (κ1) is 14.5. The van der Waals surface area contributed by atoms with Crippen molar-refractivity contribution in [2.24, 2.45) is 0 Å². The van der Waals surface area contributed by atoms with Crippen molar-refractivity contribution in [1.29, 1.82) is 0 Å². The lowest BCUT2D eigenvalue weighted by molar-refractivity contribution is 0.839. The molecule has 0 N–H and O–H groups in total. The molecule has 0 bridgehead atoms. The van der Waals surface area contributed by atoms with Crippen molar-refractivity contribution in [2.45, 2.75) is 19.8 Å². The SMILES string of the molecule is Cc1ccc(N(c2ccc(Br)cc2)c2ccc3c(c2)CC3)cc1. The molecule has 23 heavy (non-hydrogen) atoms. The van der Waals surface area contributed by atoms with E-state index in [1.165, 1.54) is 46.6 Å². The van der Waals surface area contributed by atoms with Crippen LogP contribution in [0.3, 0.4) is 0 Å². The first-order valence-electron chi connectivity index (χ1n) is 7.95. The number of hydrogen-bond donors (Lipinski definition) is 0. The predicted molar refractivity (Wildman–Crippen MR) is 101 cm³/mol. The van der Waals surface area contributed by atoms with Gasteiger partial charge in [-0.1, -0.05) is 39.7 Å². The van der Waals surface area contributed by atoms with E-state index in [9.17, 15) is 0 Å². The molecule has 2 heteroatoms. The summed E-state index contributed by atoms with van der Waals surface area (Å²) in [5.74, 6) is 0. The molecule has 114 valence electrons. The zero-order valence-electron chi connectivity index (χ0n) is 13.1. The van der Waals surface area contributed by atoms with E-state index < -0.39 is 0 Å². The van der Waals surface area contributed by atoms with Crippen LogP contribution in [-0.4, -0.2) is 0 Å². The minimum absolute atomic E-state index is 1.10. The highest BCUT2D eigenvalue weighted by atomic mass is 79.9. The average Bonchev–Trinajstić information content (AvgIpc) is 2.53. The number of anilines is 3. The van der Waals surface area contributed by atoms with Gasteiger partial charge in [0.05, 0.1) is 0 Å². The lowest BCUT2D eigenvalue weighted by Gasteiger charge is -2.28. The number of nitrogens with zero attached hydrogens (tertiary/aromatic N) is 1. The Morgan fingerprint density at radius 2 is 1.26 bits per heavy atom. The Labute approximate surface area is 145 Å². The summed E-state index contributed by atoms with van der Waals surface area (Å²) in [7, 11) is 0. The summed E-state index contributed by atoms with van der Waals surface area (Å²) in [5, 5.41) is 0. The molecule has 0 aromatic heterocycles. The molecule has 3 aromatic carbocycles. The summed E-state index contributed by atoms with van der Waals surface area (Å²) >= 11 is 3.53. The monoisotopic (exact) mass is 363 g/mol. The molecule has 0 fully saturated rings. The Morgan fingerprint density at radius 1 is 0.696 bits per heavy atom. The van der Waals surface area contributed by atoms with E-state index in [0.717, 1.165) is 4.47 Å². The highest BCUT2D eigenvalue weighted by Gasteiger charge is 2.17. The van der Waals surface area contributed by atoms with E-state index in [-0.39, 0.29) is 0 Å². The predicted octanol–water partition coefficient (Wildman–Crippen LogP) is 6.33. The van der Waals surface area contributed by atoms with Crippen LogP contribution in [0.1, 0.15) is 16.7 Å². The van der Waals surface area contributed by atoms with Crippen LogP contribution in [0, 0.1) is 6.92 Å². The summed E-state index contributed by atoms with van der Waals surface area (Å²) in [5.41, 5.74) is 7.86. The summed E-state index contributed by atoms with van der Waals surface area (Å²) in [6.07, 6.45) is 2.42. The van der Waals surface area contributed by atoms with Gasteiger partial charge in [0.15, 0.2) is 0 Å². The van der Waals surface area contributed by atoms with Crippen molar-refractivity contribution in [3.63, 3.8) is 0 Å². The van der Waals surface area contributed by atoms with Gasteiger partial charge in [-0.15, -0.1) is 0 Å². The van der Waals surface area contributed by atoms with Gasteiger partial charge in [-0.25, -0.2) is 0 Å². The third kappa shape index (κ3) is 2.79. The number of fused-ring (bicyclic) bond motifs is 1. The molecule has 0 amide bonds. The topological polar surface area (TPSA) is 3.24 Å². The fraction of sp³-hybridized carbons (Fsp3) is 0.143. The lowest BCUT2D eigenvalue weighted by Crippen LogP contribution is -2.13. The molecule has 0 saturated carbocycles. The van der Waals surface area contributed by atoms with Gasteiger partial charge in [-0.2, -0.15) is 0 Å². The molecule has 0 spiro atoms. The quantitative estimate of drug-likeness (QED) is 0.525. The highest BCUT2D eigenvalue weighted by molar-refractivity contribution is 9.10. The third-order valence-corrected chi connectivity index (χ3v) is 5.02. The molecule has 0 unspecified atom stereocenters. The summed E-state index contributed by atoms with van der Waals surface area (Å²) in [4.78, 5) is 2.32. The molecule has 0 aliphatic heterocycles. The largest absolute Gasteiger partial charge is 0.310 e. The molecule has 0 radical (unpaired) electrons. The number of rotatable bonds is 3. The summed E-state index contributed by atoms with van der Waals surface area (Å²) in [6, 6.07) is 24.1. The van der Waals surface area contributed by atoms with Crippen LogP contribution in [-0.2, 0) is 12.8 Å². The number of aryl methyl sites for hydroxylation is 3. The average molecular weight is 364 g/mol. The maximum atomic E-state index is 3.53. The Kier molecular flexibility index (Phi) is 3.70. The van der Waals surface area contributed by atoms with Crippen molar-refractivity contribution in [3.8, 4) is 0 Å². The van der Waals surface area contributed by atoms with Gasteiger partial charge in [0.1, 0.15) is 0 Å². The fourth-order valence-electron chi connectivity index (χ4n) is 3.05. The van der Waals surface area contributed by atoms with Crippen LogP contribution in [0.4, 0.5) is 17.1 Å². The van der Waals surface area contributed by atoms with Gasteiger partial charge in [0.25, 0.3) is 0 Å². The van der Waals surface area contributed by atoms with Crippen molar-refractivity contribution < 1.29 is 0 Å². The van der Waals surface area contributed by atoms with Crippen molar-refractivity contribution in [1.82, 2.24) is 0 Å². The zero-order chi connectivity index (χ0) is 15.8. The van der Waals surface area contributed by atoms with Crippen LogP contribution >= 0.6 is 15.9 Å². The van der Waals surface area contributed by atoms with Gasteiger partial charge >= 0.3 is 0 Å². The van der Waals surface area contributed by atoms with E-state index in [0.29, 0.717) is 0 Å². The minimum atomic E-state index is 1.10. The Bertz CT molecular complexity index is 789. The van der Waals surface area contributed by atoms with Gasteiger partial charge in [-0.05, 0) is 79.4 Å². The zero-order valence-corrected chi connectivity index (χ0v) is 14.7. The number of benzene rings is 3.